The largest absolute Gasteiger partial charge is 0.456 e. The predicted molar refractivity (Wildman–Crippen MR) is 243 cm³/mol. The number of benzene rings is 9. The Morgan fingerprint density at radius 1 is 0.316 bits per heavy atom. The van der Waals surface area contributed by atoms with Crippen LogP contribution in [0.4, 0.5) is 17.1 Å². The van der Waals surface area contributed by atoms with Crippen LogP contribution in [0.1, 0.15) is 0 Å². The summed E-state index contributed by atoms with van der Waals surface area (Å²) in [4.78, 5) is 2.33. The number of rotatable bonds is 7. The molecule has 3 heteroatoms. The molecule has 0 aliphatic rings. The Balaban J connectivity index is 0.939. The third-order valence-corrected chi connectivity index (χ3v) is 12.3. The molecule has 11 rings (SSSR count). The Bertz CT molecular complexity index is 3100. The number of fused-ring (bicyclic) bond motifs is 7. The first-order chi connectivity index (χ1) is 28.2. The lowest BCUT2D eigenvalue weighted by atomic mass is 9.96. The molecule has 268 valence electrons. The lowest BCUT2D eigenvalue weighted by Gasteiger charge is -2.26. The fourth-order valence-corrected chi connectivity index (χ4v) is 9.53. The van der Waals surface area contributed by atoms with Crippen molar-refractivity contribution in [3.05, 3.63) is 212 Å². The van der Waals surface area contributed by atoms with E-state index in [0.29, 0.717) is 0 Å². The molecular formula is C54H35NOS. The minimum atomic E-state index is 0.918. The average molecular weight is 746 g/mol. The number of hydrogen-bond acceptors (Lipinski definition) is 3. The number of furan rings is 1. The van der Waals surface area contributed by atoms with E-state index in [-0.39, 0.29) is 0 Å². The van der Waals surface area contributed by atoms with Gasteiger partial charge in [-0.25, -0.2) is 0 Å². The first-order valence-electron chi connectivity index (χ1n) is 19.3. The highest BCUT2D eigenvalue weighted by Crippen LogP contribution is 2.45. The zero-order chi connectivity index (χ0) is 37.7. The van der Waals surface area contributed by atoms with Crippen molar-refractivity contribution >= 4 is 70.5 Å². The van der Waals surface area contributed by atoms with Gasteiger partial charge in [-0.15, -0.1) is 11.3 Å². The van der Waals surface area contributed by atoms with Crippen molar-refractivity contribution in [2.75, 3.05) is 4.90 Å². The summed E-state index contributed by atoms with van der Waals surface area (Å²) in [6.45, 7) is 0. The van der Waals surface area contributed by atoms with Gasteiger partial charge in [-0.2, -0.15) is 0 Å². The average Bonchev–Trinajstić information content (AvgIpc) is 3.87. The smallest absolute Gasteiger partial charge is 0.136 e. The highest BCUT2D eigenvalue weighted by atomic mass is 32.1. The summed E-state index contributed by atoms with van der Waals surface area (Å²) in [5.41, 5.74) is 14.7. The van der Waals surface area contributed by atoms with Gasteiger partial charge in [0.15, 0.2) is 0 Å². The highest BCUT2D eigenvalue weighted by molar-refractivity contribution is 7.26. The van der Waals surface area contributed by atoms with Crippen LogP contribution in [-0.2, 0) is 0 Å². The van der Waals surface area contributed by atoms with E-state index < -0.39 is 0 Å². The summed E-state index contributed by atoms with van der Waals surface area (Å²) >= 11 is 1.85. The van der Waals surface area contributed by atoms with Crippen LogP contribution in [0.2, 0.25) is 0 Å². The summed E-state index contributed by atoms with van der Waals surface area (Å²) in [5, 5.41) is 4.96. The van der Waals surface area contributed by atoms with Gasteiger partial charge in [0, 0.05) is 48.0 Å². The number of nitrogens with zero attached hydrogens (tertiary/aromatic N) is 1. The van der Waals surface area contributed by atoms with Crippen LogP contribution in [0.5, 0.6) is 0 Å². The van der Waals surface area contributed by atoms with Gasteiger partial charge < -0.3 is 9.32 Å². The fourth-order valence-electron chi connectivity index (χ4n) is 8.29. The summed E-state index contributed by atoms with van der Waals surface area (Å²) in [6, 6.07) is 76.1. The molecule has 0 bridgehead atoms. The van der Waals surface area contributed by atoms with Gasteiger partial charge in [0.25, 0.3) is 0 Å². The monoisotopic (exact) mass is 745 g/mol. The van der Waals surface area contributed by atoms with Crippen molar-refractivity contribution < 1.29 is 4.42 Å². The molecule has 2 nitrogen and oxygen atoms in total. The van der Waals surface area contributed by atoms with Crippen LogP contribution in [0.3, 0.4) is 0 Å². The van der Waals surface area contributed by atoms with Crippen LogP contribution in [0.25, 0.3) is 86.6 Å². The topological polar surface area (TPSA) is 16.4 Å². The van der Waals surface area contributed by atoms with Crippen molar-refractivity contribution in [2.45, 2.75) is 0 Å². The van der Waals surface area contributed by atoms with E-state index in [9.17, 15) is 0 Å². The molecule has 0 aliphatic heterocycles. The minimum absolute atomic E-state index is 0.918. The molecule has 11 aromatic rings. The first-order valence-corrected chi connectivity index (χ1v) is 20.1. The molecule has 0 aliphatic carbocycles. The van der Waals surface area contributed by atoms with Crippen molar-refractivity contribution in [1.29, 1.82) is 0 Å². The Morgan fingerprint density at radius 3 is 1.33 bits per heavy atom. The predicted octanol–water partition coefficient (Wildman–Crippen LogP) is 16.1. The third-order valence-electron chi connectivity index (χ3n) is 11.1. The van der Waals surface area contributed by atoms with Crippen LogP contribution in [0.15, 0.2) is 217 Å². The van der Waals surface area contributed by atoms with Crippen molar-refractivity contribution in [1.82, 2.24) is 0 Å². The van der Waals surface area contributed by atoms with Gasteiger partial charge in [0.1, 0.15) is 11.2 Å². The Morgan fingerprint density at radius 2 is 0.772 bits per heavy atom. The van der Waals surface area contributed by atoms with Gasteiger partial charge in [0.05, 0.1) is 0 Å². The molecule has 0 N–H and O–H groups in total. The summed E-state index contributed by atoms with van der Waals surface area (Å²) < 4.78 is 9.04. The summed E-state index contributed by atoms with van der Waals surface area (Å²) in [7, 11) is 0. The van der Waals surface area contributed by atoms with Crippen LogP contribution in [0, 0.1) is 0 Å². The molecule has 0 amide bonds. The quantitative estimate of drug-likeness (QED) is 0.162. The highest BCUT2D eigenvalue weighted by Gasteiger charge is 2.18. The van der Waals surface area contributed by atoms with Crippen LogP contribution in [-0.4, -0.2) is 0 Å². The van der Waals surface area contributed by atoms with Crippen LogP contribution < -0.4 is 4.90 Å². The van der Waals surface area contributed by atoms with E-state index in [2.05, 4.69) is 217 Å². The molecule has 9 aromatic carbocycles. The zero-order valence-corrected chi connectivity index (χ0v) is 31.8. The Labute approximate surface area is 335 Å². The molecule has 0 fully saturated rings. The van der Waals surface area contributed by atoms with E-state index in [0.717, 1.165) is 28.2 Å². The number of hydrogen-bond donors (Lipinski definition) is 0. The van der Waals surface area contributed by atoms with Gasteiger partial charge in [-0.3, -0.25) is 0 Å². The zero-order valence-electron chi connectivity index (χ0n) is 31.0. The third kappa shape index (κ3) is 5.88. The van der Waals surface area contributed by atoms with E-state index >= 15 is 0 Å². The number of anilines is 3. The molecule has 57 heavy (non-hydrogen) atoms. The van der Waals surface area contributed by atoms with Gasteiger partial charge in [0.2, 0.25) is 0 Å². The lowest BCUT2D eigenvalue weighted by Crippen LogP contribution is -2.09. The van der Waals surface area contributed by atoms with Gasteiger partial charge in [-0.05, 0) is 105 Å². The van der Waals surface area contributed by atoms with Gasteiger partial charge >= 0.3 is 0 Å². The summed E-state index contributed by atoms with van der Waals surface area (Å²) in [6.07, 6.45) is 0. The molecule has 0 atom stereocenters. The van der Waals surface area contributed by atoms with E-state index in [4.69, 9.17) is 4.42 Å². The number of thiophene rings is 1. The minimum Gasteiger partial charge on any atom is -0.456 e. The maximum atomic E-state index is 6.46. The molecule has 0 radical (unpaired) electrons. The maximum absolute atomic E-state index is 6.46. The second-order valence-corrected chi connectivity index (χ2v) is 15.5. The lowest BCUT2D eigenvalue weighted by molar-refractivity contribution is 0.669. The van der Waals surface area contributed by atoms with Crippen molar-refractivity contribution in [3.63, 3.8) is 0 Å². The van der Waals surface area contributed by atoms with Crippen LogP contribution >= 0.6 is 11.3 Å². The first kappa shape index (κ1) is 33.2. The summed E-state index contributed by atoms with van der Waals surface area (Å²) in [5.74, 6) is 0. The fraction of sp³-hybridized carbons (Fsp3) is 0. The molecule has 0 saturated heterocycles. The van der Waals surface area contributed by atoms with E-state index in [1.807, 2.05) is 11.3 Å². The van der Waals surface area contributed by atoms with Gasteiger partial charge in [-0.1, -0.05) is 152 Å². The van der Waals surface area contributed by atoms with Crippen molar-refractivity contribution in [2.24, 2.45) is 0 Å². The standard InChI is InChI=1S/C54H35NOS/c1-3-10-36(11-4-1)39-22-28-43(29-23-39)55(44-30-24-40(25-31-44)37-12-5-2-6-13-37)45-32-26-41(27-33-45)38-18-20-42(21-19-38)46-15-9-16-49-52(46)53-50(56-49)35-34-48-47-14-7-8-17-51(47)57-54(48)53/h1-35H. The van der Waals surface area contributed by atoms with E-state index in [1.54, 1.807) is 0 Å². The second kappa shape index (κ2) is 13.8. The molecule has 0 spiro atoms. The Kier molecular flexibility index (Phi) is 8.04. The second-order valence-electron chi connectivity index (χ2n) is 14.5. The normalized spacial score (nSPS) is 11.5. The Hall–Kier alpha value is -7.20. The SMILES string of the molecule is c1ccc(-c2ccc(N(c3ccc(-c4ccccc4)cc3)c3ccc(-c4ccc(-c5cccc6oc7ccc8c9ccccc9sc8c7c56)cc4)cc3)cc2)cc1. The molecule has 0 saturated carbocycles. The molecule has 2 aromatic heterocycles. The molecular weight excluding hydrogens is 711 g/mol. The van der Waals surface area contributed by atoms with Crippen molar-refractivity contribution in [3.8, 4) is 44.5 Å². The molecule has 2 heterocycles. The molecule has 0 unspecified atom stereocenters. The maximum Gasteiger partial charge on any atom is 0.136 e. The van der Waals surface area contributed by atoms with E-state index in [1.165, 1.54) is 75.5 Å².